The van der Waals surface area contributed by atoms with E-state index in [2.05, 4.69) is 0 Å². The van der Waals surface area contributed by atoms with Crippen LogP contribution >= 0.6 is 0 Å². The van der Waals surface area contributed by atoms with Crippen LogP contribution in [0.1, 0.15) is 28.8 Å². The maximum absolute atomic E-state index is 12.9. The van der Waals surface area contributed by atoms with Crippen molar-refractivity contribution in [2.24, 2.45) is 0 Å². The van der Waals surface area contributed by atoms with Crippen molar-refractivity contribution >= 4 is 17.8 Å². The number of nitrogens with zero attached hydrogens (tertiary/aromatic N) is 3. The summed E-state index contributed by atoms with van der Waals surface area (Å²) in [7, 11) is 4.50. The van der Waals surface area contributed by atoms with Crippen molar-refractivity contribution in [2.45, 2.75) is 12.8 Å². The smallest absolute Gasteiger partial charge is 0.260 e. The molecule has 0 radical (unpaired) electrons. The number of rotatable bonds is 11. The number of nitriles is 2. The first-order valence-electron chi connectivity index (χ1n) is 11.0. The summed E-state index contributed by atoms with van der Waals surface area (Å²) < 4.78 is 27.4. The number of carbonyl (C=O) groups excluding carboxylic acids is 2. The highest BCUT2D eigenvalue weighted by molar-refractivity contribution is 6.14. The molecule has 0 aliphatic carbocycles. The molecular formula is C26H25N3O7. The molecule has 1 aliphatic rings. The summed E-state index contributed by atoms with van der Waals surface area (Å²) in [6.45, 7) is 0.159. The molecule has 1 aliphatic heterocycles. The minimum atomic E-state index is -0.346. The Hall–Kier alpha value is -4.70. The average molecular weight is 492 g/mol. The zero-order chi connectivity index (χ0) is 26.1. The van der Waals surface area contributed by atoms with Crippen LogP contribution in [0.4, 0.5) is 0 Å². The average Bonchev–Trinajstić information content (AvgIpc) is 3.20. The van der Waals surface area contributed by atoms with Crippen molar-refractivity contribution in [2.75, 3.05) is 41.0 Å². The fraction of sp³-hybridized carbons (Fsp3) is 0.308. The Balaban J connectivity index is 1.74. The number of carbonyl (C=O) groups is 2. The van der Waals surface area contributed by atoms with Crippen LogP contribution in [-0.2, 0) is 4.79 Å². The Morgan fingerprint density at radius 1 is 1.00 bits per heavy atom. The van der Waals surface area contributed by atoms with Gasteiger partial charge < -0.3 is 28.6 Å². The summed E-state index contributed by atoms with van der Waals surface area (Å²) >= 11 is 0. The number of hydrogen-bond donors (Lipinski definition) is 0. The summed E-state index contributed by atoms with van der Waals surface area (Å²) in [5, 5.41) is 17.6. The number of ether oxygens (including phenoxy) is 5. The third-order valence-corrected chi connectivity index (χ3v) is 5.33. The lowest BCUT2D eigenvalue weighted by Gasteiger charge is -2.20. The van der Waals surface area contributed by atoms with Gasteiger partial charge in [0, 0.05) is 19.2 Å². The van der Waals surface area contributed by atoms with Crippen LogP contribution in [-0.4, -0.2) is 57.6 Å². The highest BCUT2D eigenvalue weighted by Crippen LogP contribution is 2.40. The predicted molar refractivity (Wildman–Crippen MR) is 128 cm³/mol. The molecule has 0 spiro atoms. The Bertz CT molecular complexity index is 1210. The molecule has 0 unspecified atom stereocenters. The predicted octanol–water partition coefficient (Wildman–Crippen LogP) is 3.36. The molecule has 36 heavy (non-hydrogen) atoms. The van der Waals surface area contributed by atoms with E-state index in [1.54, 1.807) is 30.3 Å². The second kappa shape index (κ2) is 12.1. The first kappa shape index (κ1) is 25.9. The minimum Gasteiger partial charge on any atom is -0.493 e. The fourth-order valence-corrected chi connectivity index (χ4v) is 3.56. The standard InChI is InChI=1S/C26H25N3O7/c1-32-22-13-17(14-23(33-2)26(22)34-3)12-21-25(31)19-7-6-18(15-20(19)36-21)35-16-24(30)29(10-4-8-27)11-5-9-28/h6-7,12-15H,4-5,10-11,16H2,1-3H3. The SMILES string of the molecule is COc1cc(C=C2Oc3cc(OCC(=O)N(CCC#N)CCC#N)ccc3C2=O)cc(OC)c1OC. The van der Waals surface area contributed by atoms with Gasteiger partial charge in [-0.25, -0.2) is 0 Å². The highest BCUT2D eigenvalue weighted by atomic mass is 16.5. The molecule has 1 amide bonds. The molecule has 2 aromatic carbocycles. The highest BCUT2D eigenvalue weighted by Gasteiger charge is 2.28. The molecule has 0 bridgehead atoms. The number of fused-ring (bicyclic) bond motifs is 1. The van der Waals surface area contributed by atoms with Crippen LogP contribution in [0.2, 0.25) is 0 Å². The van der Waals surface area contributed by atoms with E-state index in [0.717, 1.165) is 0 Å². The molecule has 186 valence electrons. The van der Waals surface area contributed by atoms with Gasteiger partial charge >= 0.3 is 0 Å². The molecule has 1 heterocycles. The van der Waals surface area contributed by atoms with E-state index in [-0.39, 0.29) is 50.0 Å². The van der Waals surface area contributed by atoms with Crippen LogP contribution in [0.3, 0.4) is 0 Å². The Labute approximate surface area is 208 Å². The monoisotopic (exact) mass is 491 g/mol. The number of hydrogen-bond acceptors (Lipinski definition) is 9. The van der Waals surface area contributed by atoms with E-state index in [0.29, 0.717) is 39.9 Å². The van der Waals surface area contributed by atoms with Gasteiger partial charge in [0.05, 0.1) is 51.9 Å². The molecule has 0 N–H and O–H groups in total. The maximum Gasteiger partial charge on any atom is 0.260 e. The van der Waals surface area contributed by atoms with Crippen molar-refractivity contribution < 1.29 is 33.3 Å². The molecule has 3 rings (SSSR count). The summed E-state index contributed by atoms with van der Waals surface area (Å²) in [4.78, 5) is 26.8. The van der Waals surface area contributed by atoms with E-state index in [9.17, 15) is 9.59 Å². The lowest BCUT2D eigenvalue weighted by atomic mass is 10.1. The van der Waals surface area contributed by atoms with E-state index < -0.39 is 0 Å². The molecule has 10 heteroatoms. The zero-order valence-electron chi connectivity index (χ0n) is 20.2. The largest absolute Gasteiger partial charge is 0.493 e. The molecule has 0 atom stereocenters. The van der Waals surface area contributed by atoms with Crippen LogP contribution in [0, 0.1) is 22.7 Å². The van der Waals surface area contributed by atoms with Gasteiger partial charge in [0.25, 0.3) is 5.91 Å². The minimum absolute atomic E-state index is 0.103. The quantitative estimate of drug-likeness (QED) is 0.434. The van der Waals surface area contributed by atoms with Gasteiger partial charge in [0.15, 0.2) is 23.9 Å². The van der Waals surface area contributed by atoms with E-state index in [1.807, 2.05) is 12.1 Å². The van der Waals surface area contributed by atoms with Crippen molar-refractivity contribution in [1.82, 2.24) is 4.90 Å². The topological polar surface area (TPSA) is 131 Å². The second-order valence-corrected chi connectivity index (χ2v) is 7.54. The fourth-order valence-electron chi connectivity index (χ4n) is 3.56. The summed E-state index contributed by atoms with van der Waals surface area (Å²) in [6, 6.07) is 12.0. The lowest BCUT2D eigenvalue weighted by Crippen LogP contribution is -2.36. The van der Waals surface area contributed by atoms with E-state index in [1.165, 1.54) is 32.3 Å². The molecule has 10 nitrogen and oxygen atoms in total. The van der Waals surface area contributed by atoms with E-state index >= 15 is 0 Å². The second-order valence-electron chi connectivity index (χ2n) is 7.54. The third-order valence-electron chi connectivity index (χ3n) is 5.33. The summed E-state index contributed by atoms with van der Waals surface area (Å²) in [6.07, 6.45) is 1.89. The molecule has 0 saturated carbocycles. The first-order valence-corrected chi connectivity index (χ1v) is 11.0. The Morgan fingerprint density at radius 2 is 1.64 bits per heavy atom. The van der Waals surface area contributed by atoms with Crippen LogP contribution in [0.25, 0.3) is 6.08 Å². The molecule has 0 aromatic heterocycles. The number of benzene rings is 2. The van der Waals surface area contributed by atoms with Gasteiger partial charge in [-0.1, -0.05) is 0 Å². The van der Waals surface area contributed by atoms with Crippen molar-refractivity contribution in [1.29, 1.82) is 10.5 Å². The number of allylic oxidation sites excluding steroid dienone is 1. The molecule has 2 aromatic rings. The van der Waals surface area contributed by atoms with Crippen LogP contribution in [0.5, 0.6) is 28.7 Å². The number of amides is 1. The van der Waals surface area contributed by atoms with Crippen molar-refractivity contribution in [3.8, 4) is 40.9 Å². The van der Waals surface area contributed by atoms with Gasteiger partial charge in [-0.3, -0.25) is 9.59 Å². The lowest BCUT2D eigenvalue weighted by molar-refractivity contribution is -0.133. The molecule has 0 saturated heterocycles. The van der Waals surface area contributed by atoms with Gasteiger partial charge in [-0.15, -0.1) is 0 Å². The Kier molecular flexibility index (Phi) is 8.73. The van der Waals surface area contributed by atoms with Crippen LogP contribution < -0.4 is 23.7 Å². The Morgan fingerprint density at radius 3 is 2.19 bits per heavy atom. The molecular weight excluding hydrogens is 466 g/mol. The van der Waals surface area contributed by atoms with Gasteiger partial charge in [0.2, 0.25) is 11.5 Å². The first-order chi connectivity index (χ1) is 17.4. The summed E-state index contributed by atoms with van der Waals surface area (Å²) in [5.41, 5.74) is 0.967. The summed E-state index contributed by atoms with van der Waals surface area (Å²) in [5.74, 6) is 1.39. The third kappa shape index (κ3) is 5.86. The van der Waals surface area contributed by atoms with Gasteiger partial charge in [0.1, 0.15) is 11.5 Å². The van der Waals surface area contributed by atoms with Gasteiger partial charge in [-0.05, 0) is 35.9 Å². The normalized spacial score (nSPS) is 12.7. The number of methoxy groups -OCH3 is 3. The van der Waals surface area contributed by atoms with Crippen molar-refractivity contribution in [3.63, 3.8) is 0 Å². The zero-order valence-corrected chi connectivity index (χ0v) is 20.2. The maximum atomic E-state index is 12.9. The molecule has 0 fully saturated rings. The number of ketones is 1. The number of Topliss-reactive ketones (excluding diaryl/α,β-unsaturated/α-hetero) is 1. The van der Waals surface area contributed by atoms with Crippen LogP contribution in [0.15, 0.2) is 36.1 Å². The van der Waals surface area contributed by atoms with Gasteiger partial charge in [-0.2, -0.15) is 10.5 Å². The van der Waals surface area contributed by atoms with E-state index in [4.69, 9.17) is 34.2 Å². The van der Waals surface area contributed by atoms with Crippen molar-refractivity contribution in [3.05, 3.63) is 47.2 Å².